The maximum absolute atomic E-state index is 13.4. The Morgan fingerprint density at radius 2 is 1.88 bits per heavy atom. The number of carbonyl (C=O) groups is 1. The Bertz CT molecular complexity index is 435. The van der Waals surface area contributed by atoms with Crippen molar-refractivity contribution in [1.29, 1.82) is 0 Å². The number of carboxylic acids is 1. The minimum atomic E-state index is -3.48. The smallest absolute Gasteiger partial charge is 0.387 e. The predicted molar refractivity (Wildman–Crippen MR) is 45.6 cm³/mol. The van der Waals surface area contributed by atoms with Gasteiger partial charge in [0.2, 0.25) is 0 Å². The normalized spacial score (nSPS) is 12.6. The number of ether oxygens (including phenoxy) is 1. The second-order valence-electron chi connectivity index (χ2n) is 2.90. The van der Waals surface area contributed by atoms with Gasteiger partial charge in [-0.25, -0.2) is 13.6 Å². The third-order valence-corrected chi connectivity index (χ3v) is 1.81. The van der Waals surface area contributed by atoms with E-state index in [0.29, 0.717) is 12.1 Å². The van der Waals surface area contributed by atoms with E-state index >= 15 is 0 Å². The summed E-state index contributed by atoms with van der Waals surface area (Å²) in [6.45, 7) is -3.48. The van der Waals surface area contributed by atoms with E-state index in [9.17, 15) is 22.4 Å². The van der Waals surface area contributed by atoms with Crippen LogP contribution in [0.15, 0.2) is 12.1 Å². The van der Waals surface area contributed by atoms with Gasteiger partial charge in [-0.05, 0) is 12.1 Å². The molecule has 0 radical (unpaired) electrons. The highest BCUT2D eigenvalue weighted by Crippen LogP contribution is 2.29. The van der Waals surface area contributed by atoms with Crippen molar-refractivity contribution in [3.63, 3.8) is 0 Å². The van der Waals surface area contributed by atoms with Gasteiger partial charge in [-0.1, -0.05) is 0 Å². The van der Waals surface area contributed by atoms with E-state index in [4.69, 9.17) is 10.2 Å². The lowest BCUT2D eigenvalue weighted by Gasteiger charge is -2.12. The Morgan fingerprint density at radius 1 is 1.29 bits per heavy atom. The SMILES string of the molecule is O=C(O)C(O)c1ccc(F)c(OC(F)F)c1F. The highest BCUT2D eigenvalue weighted by Gasteiger charge is 2.26. The zero-order chi connectivity index (χ0) is 13.2. The van der Waals surface area contributed by atoms with Gasteiger partial charge in [-0.15, -0.1) is 0 Å². The number of benzene rings is 1. The van der Waals surface area contributed by atoms with Crippen molar-refractivity contribution in [2.45, 2.75) is 12.7 Å². The second kappa shape index (κ2) is 5.00. The molecule has 1 atom stereocenters. The number of rotatable bonds is 4. The summed E-state index contributed by atoms with van der Waals surface area (Å²) in [5.41, 5.74) is -0.866. The van der Waals surface area contributed by atoms with Gasteiger partial charge in [0.15, 0.2) is 23.5 Å². The van der Waals surface area contributed by atoms with Gasteiger partial charge in [-0.3, -0.25) is 0 Å². The number of aliphatic hydroxyl groups is 1. The number of aliphatic hydroxyl groups excluding tert-OH is 1. The van der Waals surface area contributed by atoms with Gasteiger partial charge in [0.1, 0.15) is 0 Å². The fourth-order valence-electron chi connectivity index (χ4n) is 1.09. The summed E-state index contributed by atoms with van der Waals surface area (Å²) >= 11 is 0. The van der Waals surface area contributed by atoms with Crippen molar-refractivity contribution < 1.29 is 37.3 Å². The molecule has 0 aliphatic carbocycles. The molecule has 4 nitrogen and oxygen atoms in total. The predicted octanol–water partition coefficient (Wildman–Crippen LogP) is 1.68. The first-order chi connectivity index (χ1) is 7.84. The molecule has 94 valence electrons. The molecule has 1 rings (SSSR count). The molecule has 2 N–H and O–H groups in total. The molecule has 0 aromatic heterocycles. The quantitative estimate of drug-likeness (QED) is 0.802. The van der Waals surface area contributed by atoms with Crippen LogP contribution in [-0.2, 0) is 4.79 Å². The molecule has 0 amide bonds. The average molecular weight is 254 g/mol. The summed E-state index contributed by atoms with van der Waals surface area (Å²) in [6.07, 6.45) is -2.30. The Morgan fingerprint density at radius 3 is 2.35 bits per heavy atom. The fourth-order valence-corrected chi connectivity index (χ4v) is 1.09. The van der Waals surface area contributed by atoms with Gasteiger partial charge < -0.3 is 14.9 Å². The van der Waals surface area contributed by atoms with Gasteiger partial charge in [0, 0.05) is 5.56 Å². The first-order valence-corrected chi connectivity index (χ1v) is 4.18. The summed E-state index contributed by atoms with van der Waals surface area (Å²) in [5.74, 6) is -6.35. The fraction of sp³-hybridized carbons (Fsp3) is 0.222. The van der Waals surface area contributed by atoms with E-state index in [1.807, 2.05) is 0 Å². The van der Waals surface area contributed by atoms with Crippen LogP contribution in [0.25, 0.3) is 0 Å². The zero-order valence-electron chi connectivity index (χ0n) is 8.03. The van der Waals surface area contributed by atoms with Gasteiger partial charge in [0.05, 0.1) is 0 Å². The van der Waals surface area contributed by atoms with Gasteiger partial charge in [0.25, 0.3) is 0 Å². The van der Waals surface area contributed by atoms with Crippen molar-refractivity contribution in [3.8, 4) is 5.75 Å². The maximum Gasteiger partial charge on any atom is 0.387 e. The number of alkyl halides is 2. The summed E-state index contributed by atoms with van der Waals surface area (Å²) < 4.78 is 53.5. The minimum Gasteiger partial charge on any atom is -0.479 e. The van der Waals surface area contributed by atoms with Crippen molar-refractivity contribution in [3.05, 3.63) is 29.3 Å². The van der Waals surface area contributed by atoms with E-state index in [1.54, 1.807) is 0 Å². The van der Waals surface area contributed by atoms with E-state index in [0.717, 1.165) is 0 Å². The molecule has 8 heteroatoms. The Labute approximate surface area is 92.1 Å². The molecule has 0 fully saturated rings. The topological polar surface area (TPSA) is 66.8 Å². The molecular formula is C9H6F4O4. The lowest BCUT2D eigenvalue weighted by Crippen LogP contribution is -2.14. The number of halogens is 4. The highest BCUT2D eigenvalue weighted by atomic mass is 19.3. The van der Waals surface area contributed by atoms with Crippen LogP contribution in [0, 0.1) is 11.6 Å². The summed E-state index contributed by atoms with van der Waals surface area (Å²) in [4.78, 5) is 10.4. The Hall–Kier alpha value is -1.83. The highest BCUT2D eigenvalue weighted by molar-refractivity contribution is 5.74. The molecule has 0 aliphatic heterocycles. The number of aliphatic carboxylic acids is 1. The molecule has 0 heterocycles. The van der Waals surface area contributed by atoms with Crippen LogP contribution in [0.4, 0.5) is 17.6 Å². The monoisotopic (exact) mass is 254 g/mol. The number of hydrogen-bond donors (Lipinski definition) is 2. The van der Waals surface area contributed by atoms with E-state index in [-0.39, 0.29) is 0 Å². The van der Waals surface area contributed by atoms with Crippen molar-refractivity contribution in [2.75, 3.05) is 0 Å². The molecule has 1 unspecified atom stereocenters. The van der Waals surface area contributed by atoms with Gasteiger partial charge in [-0.2, -0.15) is 8.78 Å². The van der Waals surface area contributed by atoms with Crippen LogP contribution in [0.5, 0.6) is 5.75 Å². The van der Waals surface area contributed by atoms with E-state index in [2.05, 4.69) is 4.74 Å². The van der Waals surface area contributed by atoms with Crippen LogP contribution in [0.3, 0.4) is 0 Å². The summed E-state index contributed by atoms with van der Waals surface area (Å²) in [6, 6.07) is 1.14. The second-order valence-corrected chi connectivity index (χ2v) is 2.90. The largest absolute Gasteiger partial charge is 0.479 e. The van der Waals surface area contributed by atoms with Crippen molar-refractivity contribution >= 4 is 5.97 Å². The number of carboxylic acid groups (broad SMARTS) is 1. The van der Waals surface area contributed by atoms with E-state index < -0.39 is 41.6 Å². The van der Waals surface area contributed by atoms with Crippen LogP contribution in [0.2, 0.25) is 0 Å². The molecular weight excluding hydrogens is 248 g/mol. The van der Waals surface area contributed by atoms with Crippen LogP contribution < -0.4 is 4.74 Å². The third kappa shape index (κ3) is 2.84. The summed E-state index contributed by atoms with van der Waals surface area (Å²) in [5, 5.41) is 17.4. The van der Waals surface area contributed by atoms with Crippen molar-refractivity contribution in [1.82, 2.24) is 0 Å². The molecule has 1 aromatic rings. The Kier molecular flexibility index (Phi) is 3.89. The Balaban J connectivity index is 3.23. The van der Waals surface area contributed by atoms with Crippen molar-refractivity contribution in [2.24, 2.45) is 0 Å². The maximum atomic E-state index is 13.4. The first kappa shape index (κ1) is 13.2. The van der Waals surface area contributed by atoms with Gasteiger partial charge >= 0.3 is 12.6 Å². The molecule has 0 spiro atoms. The number of hydrogen-bond acceptors (Lipinski definition) is 3. The zero-order valence-corrected chi connectivity index (χ0v) is 8.03. The lowest BCUT2D eigenvalue weighted by molar-refractivity contribution is -0.147. The van der Waals surface area contributed by atoms with Crippen LogP contribution in [-0.4, -0.2) is 22.8 Å². The first-order valence-electron chi connectivity index (χ1n) is 4.18. The van der Waals surface area contributed by atoms with E-state index in [1.165, 1.54) is 0 Å². The summed E-state index contributed by atoms with van der Waals surface area (Å²) in [7, 11) is 0. The molecule has 0 bridgehead atoms. The molecule has 17 heavy (non-hydrogen) atoms. The molecule has 0 aliphatic rings. The lowest BCUT2D eigenvalue weighted by atomic mass is 10.1. The molecule has 1 aromatic carbocycles. The molecule has 0 saturated carbocycles. The minimum absolute atomic E-state index is 0.516. The van der Waals surface area contributed by atoms with Crippen LogP contribution >= 0.6 is 0 Å². The standard InChI is InChI=1S/C9H6F4O4/c10-4-2-1-3(6(14)8(15)16)5(11)7(4)17-9(12)13/h1-2,6,9,14H,(H,15,16). The average Bonchev–Trinajstić information content (AvgIpc) is 2.23. The molecule has 0 saturated heterocycles. The third-order valence-electron chi connectivity index (χ3n) is 1.81. The van der Waals surface area contributed by atoms with Crippen LogP contribution in [0.1, 0.15) is 11.7 Å².